The monoisotopic (exact) mass is 354 g/mol. The van der Waals surface area contributed by atoms with Crippen LogP contribution in [0.15, 0.2) is 29.3 Å². The number of nitro benzene ring substituents is 1. The van der Waals surface area contributed by atoms with E-state index in [2.05, 4.69) is 4.99 Å². The number of aliphatic imine (C=N–C) groups is 1. The second kappa shape index (κ2) is 11.0. The molecule has 1 rings (SSSR count). The van der Waals surface area contributed by atoms with Crippen molar-refractivity contribution in [1.82, 2.24) is 0 Å². The topological polar surface area (TPSA) is 83.2 Å². The van der Waals surface area contributed by atoms with Crippen LogP contribution in [0.3, 0.4) is 0 Å². The van der Waals surface area contributed by atoms with Gasteiger partial charge in [0.25, 0.3) is 5.69 Å². The van der Waals surface area contributed by atoms with Crippen molar-refractivity contribution in [2.75, 3.05) is 26.4 Å². The fourth-order valence-corrected chi connectivity index (χ4v) is 4.91. The molecule has 0 aliphatic rings. The highest BCUT2D eigenvalue weighted by atomic mass is 28.4. The van der Waals surface area contributed by atoms with Crippen LogP contribution in [-0.2, 0) is 13.3 Å². The summed E-state index contributed by atoms with van der Waals surface area (Å²) in [6.07, 6.45) is 2.28. The van der Waals surface area contributed by atoms with Crippen LogP contribution < -0.4 is 0 Å². The molecule has 0 spiro atoms. The summed E-state index contributed by atoms with van der Waals surface area (Å²) in [5.41, 5.74) is 0.563. The first-order valence-electron chi connectivity index (χ1n) is 8.23. The maximum Gasteiger partial charge on any atom is 0.500 e. The van der Waals surface area contributed by atoms with E-state index in [4.69, 9.17) is 13.3 Å². The van der Waals surface area contributed by atoms with E-state index < -0.39 is 13.7 Å². The van der Waals surface area contributed by atoms with Gasteiger partial charge in [-0.15, -0.1) is 0 Å². The number of nitro groups is 1. The molecule has 8 heteroatoms. The summed E-state index contributed by atoms with van der Waals surface area (Å²) in [5, 5.41) is 11.0. The Morgan fingerprint density at radius 2 is 1.71 bits per heavy atom. The van der Waals surface area contributed by atoms with Gasteiger partial charge in [0.2, 0.25) is 0 Å². The summed E-state index contributed by atoms with van der Waals surface area (Å²) < 4.78 is 17.3. The molecule has 7 nitrogen and oxygen atoms in total. The predicted molar refractivity (Wildman–Crippen MR) is 95.6 cm³/mol. The standard InChI is InChI=1S/C16H26N2O5Si/c1-4-21-24(22-5-2,23-6-3)13-9-12-17-14-15-10-7-8-11-16(15)18(19)20/h7-8,10-11,14H,4-6,9,12-13H2,1-3H3. The highest BCUT2D eigenvalue weighted by molar-refractivity contribution is 6.60. The molecule has 134 valence electrons. The Morgan fingerprint density at radius 3 is 2.25 bits per heavy atom. The summed E-state index contributed by atoms with van der Waals surface area (Å²) in [7, 11) is -2.64. The van der Waals surface area contributed by atoms with Crippen molar-refractivity contribution < 1.29 is 18.2 Å². The van der Waals surface area contributed by atoms with Gasteiger partial charge in [-0.25, -0.2) is 0 Å². The summed E-state index contributed by atoms with van der Waals surface area (Å²) >= 11 is 0. The third-order valence-electron chi connectivity index (χ3n) is 3.23. The molecule has 0 fully saturated rings. The molecule has 0 amide bonds. The molecule has 0 heterocycles. The first-order valence-corrected chi connectivity index (χ1v) is 10.2. The minimum atomic E-state index is -2.64. The number of hydrogen-bond acceptors (Lipinski definition) is 6. The van der Waals surface area contributed by atoms with Crippen LogP contribution in [0.4, 0.5) is 5.69 Å². The third kappa shape index (κ3) is 6.48. The fourth-order valence-electron chi connectivity index (χ4n) is 2.31. The van der Waals surface area contributed by atoms with Crippen LogP contribution in [0.1, 0.15) is 32.8 Å². The van der Waals surface area contributed by atoms with Gasteiger partial charge < -0.3 is 13.3 Å². The molecule has 0 unspecified atom stereocenters. The van der Waals surface area contributed by atoms with Crippen molar-refractivity contribution in [3.8, 4) is 0 Å². The van der Waals surface area contributed by atoms with Crippen molar-refractivity contribution >= 4 is 20.7 Å². The van der Waals surface area contributed by atoms with E-state index in [0.717, 1.165) is 6.42 Å². The Balaban J connectivity index is 2.61. The van der Waals surface area contributed by atoms with Crippen molar-refractivity contribution in [2.24, 2.45) is 4.99 Å². The average molecular weight is 354 g/mol. The zero-order chi connectivity index (χ0) is 17.8. The SMILES string of the molecule is CCO[Si](CCCN=Cc1ccccc1[N+](=O)[O-])(OCC)OCC. The van der Waals surface area contributed by atoms with Crippen LogP contribution in [0.5, 0.6) is 0 Å². The zero-order valence-electron chi connectivity index (χ0n) is 14.6. The molecule has 0 atom stereocenters. The van der Waals surface area contributed by atoms with E-state index in [1.54, 1.807) is 24.4 Å². The highest BCUT2D eigenvalue weighted by Gasteiger charge is 2.39. The molecule has 0 bridgehead atoms. The fraction of sp³-hybridized carbons (Fsp3) is 0.562. The summed E-state index contributed by atoms with van der Waals surface area (Å²) in [6.45, 7) is 7.95. The van der Waals surface area contributed by atoms with Crippen LogP contribution in [0, 0.1) is 10.1 Å². The van der Waals surface area contributed by atoms with Gasteiger partial charge in [-0.3, -0.25) is 15.1 Å². The second-order valence-corrected chi connectivity index (χ2v) is 7.67. The molecule has 0 saturated heterocycles. The number of para-hydroxylation sites is 1. The van der Waals surface area contributed by atoms with Gasteiger partial charge in [0, 0.05) is 44.7 Å². The Kier molecular flexibility index (Phi) is 9.39. The van der Waals surface area contributed by atoms with Crippen LogP contribution in [-0.4, -0.2) is 46.3 Å². The Hall–Kier alpha value is -1.61. The van der Waals surface area contributed by atoms with E-state index in [1.807, 2.05) is 20.8 Å². The van der Waals surface area contributed by atoms with Gasteiger partial charge in [-0.05, 0) is 33.3 Å². The van der Waals surface area contributed by atoms with Crippen molar-refractivity contribution in [2.45, 2.75) is 33.2 Å². The van der Waals surface area contributed by atoms with Gasteiger partial charge in [0.1, 0.15) is 0 Å². The molecule has 0 radical (unpaired) electrons. The Labute approximate surface area is 144 Å². The predicted octanol–water partition coefficient (Wildman–Crippen LogP) is 3.45. The average Bonchev–Trinajstić information content (AvgIpc) is 2.55. The Morgan fingerprint density at radius 1 is 1.12 bits per heavy atom. The minimum Gasteiger partial charge on any atom is -0.374 e. The summed E-state index contributed by atoms with van der Waals surface area (Å²) in [6, 6.07) is 7.23. The smallest absolute Gasteiger partial charge is 0.374 e. The lowest BCUT2D eigenvalue weighted by atomic mass is 10.2. The molecule has 0 saturated carbocycles. The van der Waals surface area contributed by atoms with Crippen LogP contribution in [0.2, 0.25) is 6.04 Å². The van der Waals surface area contributed by atoms with Gasteiger partial charge in [-0.1, -0.05) is 12.1 Å². The van der Waals surface area contributed by atoms with Crippen molar-refractivity contribution in [3.63, 3.8) is 0 Å². The Bertz CT molecular complexity index is 522. The number of nitrogens with zero attached hydrogens (tertiary/aromatic N) is 2. The summed E-state index contributed by atoms with van der Waals surface area (Å²) in [4.78, 5) is 14.8. The largest absolute Gasteiger partial charge is 0.500 e. The lowest BCUT2D eigenvalue weighted by Crippen LogP contribution is -2.46. The van der Waals surface area contributed by atoms with Gasteiger partial charge in [-0.2, -0.15) is 0 Å². The molecule has 0 aliphatic heterocycles. The van der Waals surface area contributed by atoms with Gasteiger partial charge in [0.15, 0.2) is 0 Å². The van der Waals surface area contributed by atoms with Crippen molar-refractivity contribution in [3.05, 3.63) is 39.9 Å². The summed E-state index contributed by atoms with van der Waals surface area (Å²) in [5.74, 6) is 0. The van der Waals surface area contributed by atoms with E-state index in [9.17, 15) is 10.1 Å². The highest BCUT2D eigenvalue weighted by Crippen LogP contribution is 2.19. The van der Waals surface area contributed by atoms with E-state index in [1.165, 1.54) is 6.07 Å². The first-order chi connectivity index (χ1) is 11.6. The van der Waals surface area contributed by atoms with Gasteiger partial charge in [0.05, 0.1) is 10.5 Å². The number of hydrogen-bond donors (Lipinski definition) is 0. The molecule has 24 heavy (non-hydrogen) atoms. The first kappa shape index (κ1) is 20.4. The maximum absolute atomic E-state index is 11.0. The van der Waals surface area contributed by atoms with Gasteiger partial charge >= 0.3 is 8.80 Å². The van der Waals surface area contributed by atoms with Crippen molar-refractivity contribution in [1.29, 1.82) is 0 Å². The van der Waals surface area contributed by atoms with Crippen LogP contribution >= 0.6 is 0 Å². The molecule has 1 aromatic rings. The minimum absolute atomic E-state index is 0.0583. The second-order valence-electron chi connectivity index (χ2n) is 4.94. The molecular formula is C16H26N2O5Si. The maximum atomic E-state index is 11.0. The van der Waals surface area contributed by atoms with E-state index in [0.29, 0.717) is 38.0 Å². The third-order valence-corrected chi connectivity index (χ3v) is 6.38. The molecule has 0 aliphatic carbocycles. The molecule has 1 aromatic carbocycles. The van der Waals surface area contributed by atoms with Crippen LogP contribution in [0.25, 0.3) is 0 Å². The molecular weight excluding hydrogens is 328 g/mol. The normalized spacial score (nSPS) is 12.0. The molecule has 0 N–H and O–H groups in total. The number of benzene rings is 1. The molecule has 0 aromatic heterocycles. The van der Waals surface area contributed by atoms with E-state index in [-0.39, 0.29) is 5.69 Å². The lowest BCUT2D eigenvalue weighted by molar-refractivity contribution is -0.385. The quantitative estimate of drug-likeness (QED) is 0.189. The lowest BCUT2D eigenvalue weighted by Gasteiger charge is -2.28. The van der Waals surface area contributed by atoms with E-state index >= 15 is 0 Å². The number of rotatable bonds is 12. The zero-order valence-corrected chi connectivity index (χ0v) is 15.6.